The number of fused-ring (bicyclic) bond motifs is 1. The molecule has 0 saturated carbocycles. The summed E-state index contributed by atoms with van der Waals surface area (Å²) in [6.07, 6.45) is 0. The Balaban J connectivity index is 1.61. The Bertz CT molecular complexity index is 850. The molecule has 24 heavy (non-hydrogen) atoms. The monoisotopic (exact) mass is 324 g/mol. The highest BCUT2D eigenvalue weighted by Gasteiger charge is 2.15. The lowest BCUT2D eigenvalue weighted by molar-refractivity contribution is -0.132. The number of aromatic nitrogens is 1. The van der Waals surface area contributed by atoms with Crippen LogP contribution in [-0.2, 0) is 11.3 Å². The first-order valence-corrected chi connectivity index (χ1v) is 7.82. The van der Waals surface area contributed by atoms with Crippen LogP contribution in [0.1, 0.15) is 17.0 Å². The SMILES string of the molecule is Cc1noc(C)c1CN(C)C(=O)COc1ccc2ccccc2c1. The van der Waals surface area contributed by atoms with Crippen molar-refractivity contribution >= 4 is 16.7 Å². The zero-order valence-electron chi connectivity index (χ0n) is 14.1. The lowest BCUT2D eigenvalue weighted by Crippen LogP contribution is -2.31. The second-order valence-corrected chi connectivity index (χ2v) is 5.85. The molecule has 5 heteroatoms. The third kappa shape index (κ3) is 3.40. The summed E-state index contributed by atoms with van der Waals surface area (Å²) >= 11 is 0. The quantitative estimate of drug-likeness (QED) is 0.721. The summed E-state index contributed by atoms with van der Waals surface area (Å²) in [6.45, 7) is 4.17. The van der Waals surface area contributed by atoms with Crippen LogP contribution in [0.25, 0.3) is 10.8 Å². The fourth-order valence-electron chi connectivity index (χ4n) is 2.57. The number of carbonyl (C=O) groups is 1. The molecule has 124 valence electrons. The van der Waals surface area contributed by atoms with E-state index in [1.165, 1.54) is 0 Å². The van der Waals surface area contributed by atoms with Crippen LogP contribution in [-0.4, -0.2) is 29.6 Å². The van der Waals surface area contributed by atoms with Crippen LogP contribution in [0.5, 0.6) is 5.75 Å². The molecule has 0 aliphatic carbocycles. The Hall–Kier alpha value is -2.82. The maximum Gasteiger partial charge on any atom is 0.260 e. The highest BCUT2D eigenvalue weighted by atomic mass is 16.5. The maximum absolute atomic E-state index is 12.3. The normalized spacial score (nSPS) is 10.8. The minimum absolute atomic E-state index is 0.00177. The molecule has 0 unspecified atom stereocenters. The number of hydrogen-bond donors (Lipinski definition) is 0. The largest absolute Gasteiger partial charge is 0.484 e. The molecule has 0 bridgehead atoms. The topological polar surface area (TPSA) is 55.6 Å². The van der Waals surface area contributed by atoms with Gasteiger partial charge in [-0.2, -0.15) is 0 Å². The van der Waals surface area contributed by atoms with Gasteiger partial charge >= 0.3 is 0 Å². The standard InChI is InChI=1S/C19H20N2O3/c1-13-18(14(2)24-20-13)11-21(3)19(22)12-23-17-9-8-15-6-4-5-7-16(15)10-17/h4-10H,11-12H2,1-3H3. The van der Waals surface area contributed by atoms with Crippen molar-refractivity contribution in [3.8, 4) is 5.75 Å². The van der Waals surface area contributed by atoms with Crippen LogP contribution in [0.2, 0.25) is 0 Å². The minimum Gasteiger partial charge on any atom is -0.484 e. The summed E-state index contributed by atoms with van der Waals surface area (Å²) in [4.78, 5) is 13.9. The molecule has 5 nitrogen and oxygen atoms in total. The molecule has 0 aliphatic rings. The predicted molar refractivity (Wildman–Crippen MR) is 91.9 cm³/mol. The van der Waals surface area contributed by atoms with E-state index in [0.29, 0.717) is 12.3 Å². The first-order valence-electron chi connectivity index (χ1n) is 7.82. The smallest absolute Gasteiger partial charge is 0.260 e. The van der Waals surface area contributed by atoms with Crippen molar-refractivity contribution in [3.63, 3.8) is 0 Å². The molecule has 3 aromatic rings. The fourth-order valence-corrected chi connectivity index (χ4v) is 2.57. The Kier molecular flexibility index (Phi) is 4.51. The number of rotatable bonds is 5. The van der Waals surface area contributed by atoms with E-state index in [-0.39, 0.29) is 12.5 Å². The lowest BCUT2D eigenvalue weighted by atomic mass is 10.1. The minimum atomic E-state index is -0.0943. The van der Waals surface area contributed by atoms with Gasteiger partial charge < -0.3 is 14.2 Å². The highest BCUT2D eigenvalue weighted by molar-refractivity contribution is 5.84. The molecule has 1 heterocycles. The fraction of sp³-hybridized carbons (Fsp3) is 0.263. The first kappa shape index (κ1) is 16.1. The molecule has 0 N–H and O–H groups in total. The summed E-state index contributed by atoms with van der Waals surface area (Å²) in [5, 5.41) is 6.14. The second-order valence-electron chi connectivity index (χ2n) is 5.85. The van der Waals surface area contributed by atoms with Gasteiger partial charge in [0.1, 0.15) is 11.5 Å². The average Bonchev–Trinajstić information content (AvgIpc) is 2.91. The van der Waals surface area contributed by atoms with Crippen LogP contribution in [0, 0.1) is 13.8 Å². The second kappa shape index (κ2) is 6.74. The van der Waals surface area contributed by atoms with Crippen molar-refractivity contribution in [2.45, 2.75) is 20.4 Å². The van der Waals surface area contributed by atoms with Gasteiger partial charge in [-0.3, -0.25) is 4.79 Å². The number of carbonyl (C=O) groups excluding carboxylic acids is 1. The molecule has 1 amide bonds. The van der Waals surface area contributed by atoms with E-state index in [2.05, 4.69) is 5.16 Å². The summed E-state index contributed by atoms with van der Waals surface area (Å²) in [7, 11) is 1.75. The molecule has 0 aliphatic heterocycles. The third-order valence-electron chi connectivity index (χ3n) is 4.09. The van der Waals surface area contributed by atoms with E-state index in [4.69, 9.17) is 9.26 Å². The van der Waals surface area contributed by atoms with Crippen molar-refractivity contribution in [3.05, 3.63) is 59.5 Å². The molecule has 0 spiro atoms. The number of hydrogen-bond acceptors (Lipinski definition) is 4. The molecular weight excluding hydrogens is 304 g/mol. The zero-order valence-corrected chi connectivity index (χ0v) is 14.1. The van der Waals surface area contributed by atoms with Gasteiger partial charge in [0.05, 0.1) is 12.2 Å². The number of amides is 1. The molecule has 0 saturated heterocycles. The van der Waals surface area contributed by atoms with Crippen LogP contribution >= 0.6 is 0 Å². The van der Waals surface area contributed by atoms with Crippen LogP contribution < -0.4 is 4.74 Å². The molecular formula is C19H20N2O3. The summed E-state index contributed by atoms with van der Waals surface area (Å²) in [6, 6.07) is 13.9. The lowest BCUT2D eigenvalue weighted by Gasteiger charge is -2.17. The third-order valence-corrected chi connectivity index (χ3v) is 4.09. The maximum atomic E-state index is 12.3. The van der Waals surface area contributed by atoms with Gasteiger partial charge in [0.25, 0.3) is 5.91 Å². The van der Waals surface area contributed by atoms with Gasteiger partial charge in [-0.15, -0.1) is 0 Å². The zero-order chi connectivity index (χ0) is 17.1. The molecule has 0 fully saturated rings. The number of benzene rings is 2. The molecule has 3 rings (SSSR count). The molecule has 1 aromatic heterocycles. The Labute approximate surface area is 140 Å². The van der Waals surface area contributed by atoms with Crippen molar-refractivity contribution in [2.75, 3.05) is 13.7 Å². The van der Waals surface area contributed by atoms with Gasteiger partial charge in [-0.05, 0) is 36.8 Å². The van der Waals surface area contributed by atoms with Gasteiger partial charge in [0.15, 0.2) is 6.61 Å². The average molecular weight is 324 g/mol. The summed E-state index contributed by atoms with van der Waals surface area (Å²) in [5.74, 6) is 1.33. The first-order chi connectivity index (χ1) is 11.5. The van der Waals surface area contributed by atoms with Gasteiger partial charge in [-0.25, -0.2) is 0 Å². The van der Waals surface area contributed by atoms with Crippen molar-refractivity contribution in [1.29, 1.82) is 0 Å². The van der Waals surface area contributed by atoms with Gasteiger partial charge in [0.2, 0.25) is 0 Å². The van der Waals surface area contributed by atoms with Crippen molar-refractivity contribution in [2.24, 2.45) is 0 Å². The van der Waals surface area contributed by atoms with Crippen LogP contribution in [0.4, 0.5) is 0 Å². The Morgan fingerprint density at radius 2 is 1.92 bits per heavy atom. The van der Waals surface area contributed by atoms with E-state index >= 15 is 0 Å². The number of aryl methyl sites for hydroxylation is 2. The van der Waals surface area contributed by atoms with Crippen molar-refractivity contribution in [1.82, 2.24) is 10.1 Å². The molecule has 2 aromatic carbocycles. The van der Waals surface area contributed by atoms with Gasteiger partial charge in [0, 0.05) is 12.6 Å². The van der Waals surface area contributed by atoms with Crippen LogP contribution in [0.3, 0.4) is 0 Å². The van der Waals surface area contributed by atoms with E-state index in [1.54, 1.807) is 11.9 Å². The number of ether oxygens (including phenoxy) is 1. The molecule has 0 radical (unpaired) electrons. The van der Waals surface area contributed by atoms with Gasteiger partial charge in [-0.1, -0.05) is 35.5 Å². The predicted octanol–water partition coefficient (Wildman–Crippen LogP) is 3.48. The number of nitrogens with zero attached hydrogens (tertiary/aromatic N) is 2. The van der Waals surface area contributed by atoms with Crippen LogP contribution in [0.15, 0.2) is 47.0 Å². The summed E-state index contributed by atoms with van der Waals surface area (Å²) in [5.41, 5.74) is 1.75. The highest BCUT2D eigenvalue weighted by Crippen LogP contribution is 2.20. The number of likely N-dealkylation sites (N-methyl/N-ethyl adjacent to an activating group) is 1. The van der Waals surface area contributed by atoms with E-state index in [0.717, 1.165) is 27.8 Å². The Morgan fingerprint density at radius 1 is 1.17 bits per heavy atom. The van der Waals surface area contributed by atoms with E-state index in [1.807, 2.05) is 56.3 Å². The molecule has 0 atom stereocenters. The Morgan fingerprint density at radius 3 is 2.62 bits per heavy atom. The van der Waals surface area contributed by atoms with E-state index in [9.17, 15) is 4.79 Å². The van der Waals surface area contributed by atoms with E-state index < -0.39 is 0 Å². The van der Waals surface area contributed by atoms with Crippen molar-refractivity contribution < 1.29 is 14.1 Å². The summed E-state index contributed by atoms with van der Waals surface area (Å²) < 4.78 is 10.8.